The molecule has 1 rings (SSSR count). The Bertz CT molecular complexity index is 199. The largest absolute Gasteiger partial charge is 0.320 e. The van der Waals surface area contributed by atoms with Gasteiger partial charge in [0.15, 0.2) is 5.78 Å². The fourth-order valence-electron chi connectivity index (χ4n) is 1.92. The molecule has 82 valence electrons. The number of nitrogens with one attached hydrogen (secondary N) is 1. The number of ketones is 1. The van der Waals surface area contributed by atoms with Crippen LogP contribution in [0.15, 0.2) is 0 Å². The molecule has 14 heavy (non-hydrogen) atoms. The van der Waals surface area contributed by atoms with Crippen molar-refractivity contribution in [3.8, 4) is 0 Å². The normalized spacial score (nSPS) is 21.4. The van der Waals surface area contributed by atoms with Crippen molar-refractivity contribution in [2.45, 2.75) is 45.6 Å². The summed E-state index contributed by atoms with van der Waals surface area (Å²) in [6, 6.07) is -0.313. The van der Waals surface area contributed by atoms with Crippen LogP contribution < -0.4 is 11.1 Å². The Labute approximate surface area is 86.4 Å². The molecule has 0 spiro atoms. The molecule has 0 aliphatic heterocycles. The number of Topliss-reactive ketones (excluding diaryl/α,β-unsaturated/α-hetero) is 1. The topological polar surface area (TPSA) is 55.1 Å². The lowest BCUT2D eigenvalue weighted by Gasteiger charge is -2.38. The van der Waals surface area contributed by atoms with Crippen LogP contribution in [0.4, 0.5) is 0 Å². The molecule has 1 saturated carbocycles. The second-order valence-corrected chi connectivity index (χ2v) is 4.72. The van der Waals surface area contributed by atoms with Crippen LogP contribution in [0.1, 0.15) is 39.5 Å². The summed E-state index contributed by atoms with van der Waals surface area (Å²) < 4.78 is 0. The third kappa shape index (κ3) is 3.07. The van der Waals surface area contributed by atoms with Crippen molar-refractivity contribution in [1.82, 2.24) is 5.32 Å². The zero-order chi connectivity index (χ0) is 10.6. The molecule has 1 aliphatic carbocycles. The lowest BCUT2D eigenvalue weighted by molar-refractivity contribution is -0.123. The Morgan fingerprint density at radius 2 is 2.21 bits per heavy atom. The van der Waals surface area contributed by atoms with Crippen molar-refractivity contribution in [3.63, 3.8) is 0 Å². The van der Waals surface area contributed by atoms with Gasteiger partial charge in [-0.15, -0.1) is 0 Å². The van der Waals surface area contributed by atoms with Gasteiger partial charge in [0.05, 0.1) is 6.04 Å². The number of carbonyl (C=O) groups is 1. The number of hydrogen-bond donors (Lipinski definition) is 2. The summed E-state index contributed by atoms with van der Waals surface area (Å²) >= 11 is 0. The van der Waals surface area contributed by atoms with Crippen LogP contribution in [-0.2, 0) is 4.79 Å². The van der Waals surface area contributed by atoms with Gasteiger partial charge in [0.2, 0.25) is 0 Å². The molecule has 0 saturated heterocycles. The zero-order valence-electron chi connectivity index (χ0n) is 9.31. The first-order chi connectivity index (χ1) is 6.57. The van der Waals surface area contributed by atoms with E-state index in [1.165, 1.54) is 19.3 Å². The Morgan fingerprint density at radius 3 is 2.64 bits per heavy atom. The standard InChI is InChI=1S/C11H22N2O/c1-3-13-8-9(12)10(14)7-11(2)5-4-6-11/h9,13H,3-8,12H2,1-2H3. The van der Waals surface area contributed by atoms with Gasteiger partial charge in [0.1, 0.15) is 0 Å². The average molecular weight is 198 g/mol. The van der Waals surface area contributed by atoms with Crippen LogP contribution in [0.5, 0.6) is 0 Å². The van der Waals surface area contributed by atoms with Gasteiger partial charge in [-0.2, -0.15) is 0 Å². The molecule has 0 aromatic heterocycles. The van der Waals surface area contributed by atoms with Crippen LogP contribution in [0, 0.1) is 5.41 Å². The second-order valence-electron chi connectivity index (χ2n) is 4.72. The van der Waals surface area contributed by atoms with Gasteiger partial charge >= 0.3 is 0 Å². The number of nitrogens with two attached hydrogens (primary N) is 1. The van der Waals surface area contributed by atoms with E-state index >= 15 is 0 Å². The smallest absolute Gasteiger partial charge is 0.151 e. The van der Waals surface area contributed by atoms with Gasteiger partial charge in [-0.3, -0.25) is 4.79 Å². The van der Waals surface area contributed by atoms with Crippen molar-refractivity contribution in [2.24, 2.45) is 11.1 Å². The first kappa shape index (κ1) is 11.7. The Balaban J connectivity index is 2.26. The van der Waals surface area contributed by atoms with E-state index < -0.39 is 0 Å². The second kappa shape index (κ2) is 4.89. The molecular weight excluding hydrogens is 176 g/mol. The van der Waals surface area contributed by atoms with E-state index in [1.807, 2.05) is 6.92 Å². The molecule has 0 bridgehead atoms. The quantitative estimate of drug-likeness (QED) is 0.671. The predicted octanol–water partition coefficient (Wildman–Crippen LogP) is 1.07. The summed E-state index contributed by atoms with van der Waals surface area (Å²) in [7, 11) is 0. The van der Waals surface area contributed by atoms with E-state index in [2.05, 4.69) is 12.2 Å². The molecule has 3 nitrogen and oxygen atoms in total. The predicted molar refractivity (Wildman–Crippen MR) is 58.1 cm³/mol. The molecule has 0 heterocycles. The molecule has 0 radical (unpaired) electrons. The lowest BCUT2D eigenvalue weighted by atomic mass is 9.67. The summed E-state index contributed by atoms with van der Waals surface area (Å²) in [5, 5.41) is 3.10. The lowest BCUT2D eigenvalue weighted by Crippen LogP contribution is -2.43. The first-order valence-electron chi connectivity index (χ1n) is 5.56. The molecule has 0 aromatic rings. The molecule has 3 heteroatoms. The van der Waals surface area contributed by atoms with Gasteiger partial charge in [-0.25, -0.2) is 0 Å². The number of hydrogen-bond acceptors (Lipinski definition) is 3. The average Bonchev–Trinajstić information content (AvgIpc) is 2.11. The summed E-state index contributed by atoms with van der Waals surface area (Å²) in [5.41, 5.74) is 6.04. The highest BCUT2D eigenvalue weighted by molar-refractivity contribution is 5.84. The molecule has 0 aromatic carbocycles. The van der Waals surface area contributed by atoms with Crippen LogP contribution in [-0.4, -0.2) is 24.9 Å². The van der Waals surface area contributed by atoms with Crippen LogP contribution in [0.2, 0.25) is 0 Å². The maximum Gasteiger partial charge on any atom is 0.151 e. The van der Waals surface area contributed by atoms with E-state index in [1.54, 1.807) is 0 Å². The molecule has 1 aliphatic rings. The van der Waals surface area contributed by atoms with E-state index in [0.717, 1.165) is 6.54 Å². The molecule has 0 amide bonds. The molecule has 1 fully saturated rings. The molecule has 1 atom stereocenters. The summed E-state index contributed by atoms with van der Waals surface area (Å²) in [6.07, 6.45) is 4.31. The van der Waals surface area contributed by atoms with Crippen molar-refractivity contribution in [3.05, 3.63) is 0 Å². The van der Waals surface area contributed by atoms with Crippen molar-refractivity contribution in [1.29, 1.82) is 0 Å². The summed E-state index contributed by atoms with van der Waals surface area (Å²) in [6.45, 7) is 5.70. The van der Waals surface area contributed by atoms with E-state index in [0.29, 0.717) is 13.0 Å². The van der Waals surface area contributed by atoms with Crippen molar-refractivity contribution in [2.75, 3.05) is 13.1 Å². The molecule has 3 N–H and O–H groups in total. The highest BCUT2D eigenvalue weighted by Gasteiger charge is 2.34. The van der Waals surface area contributed by atoms with E-state index in [-0.39, 0.29) is 17.2 Å². The van der Waals surface area contributed by atoms with Crippen molar-refractivity contribution >= 4 is 5.78 Å². The Morgan fingerprint density at radius 1 is 1.57 bits per heavy atom. The van der Waals surface area contributed by atoms with Gasteiger partial charge in [0.25, 0.3) is 0 Å². The maximum atomic E-state index is 11.7. The first-order valence-corrected chi connectivity index (χ1v) is 5.56. The molecular formula is C11H22N2O. The summed E-state index contributed by atoms with van der Waals surface area (Å²) in [5.74, 6) is 0.216. The Hall–Kier alpha value is -0.410. The van der Waals surface area contributed by atoms with Crippen molar-refractivity contribution < 1.29 is 4.79 Å². The minimum Gasteiger partial charge on any atom is -0.320 e. The Kier molecular flexibility index (Phi) is 4.08. The van der Waals surface area contributed by atoms with Crippen LogP contribution in [0.25, 0.3) is 0 Å². The number of carbonyl (C=O) groups excluding carboxylic acids is 1. The third-order valence-corrected chi connectivity index (χ3v) is 3.19. The fourth-order valence-corrected chi connectivity index (χ4v) is 1.92. The third-order valence-electron chi connectivity index (χ3n) is 3.19. The zero-order valence-corrected chi connectivity index (χ0v) is 9.31. The number of rotatable bonds is 6. The highest BCUT2D eigenvalue weighted by Crippen LogP contribution is 2.43. The minimum atomic E-state index is -0.313. The SMILES string of the molecule is CCNCC(N)C(=O)CC1(C)CCC1. The van der Waals surface area contributed by atoms with Gasteiger partial charge in [0, 0.05) is 13.0 Å². The van der Waals surface area contributed by atoms with Gasteiger partial charge in [-0.1, -0.05) is 20.3 Å². The summed E-state index contributed by atoms with van der Waals surface area (Å²) in [4.78, 5) is 11.7. The van der Waals surface area contributed by atoms with Crippen LogP contribution in [0.3, 0.4) is 0 Å². The monoisotopic (exact) mass is 198 g/mol. The molecule has 1 unspecified atom stereocenters. The minimum absolute atomic E-state index is 0.216. The number of likely N-dealkylation sites (N-methyl/N-ethyl adjacent to an activating group) is 1. The van der Waals surface area contributed by atoms with Crippen LogP contribution >= 0.6 is 0 Å². The van der Waals surface area contributed by atoms with E-state index in [9.17, 15) is 4.79 Å². The van der Waals surface area contributed by atoms with E-state index in [4.69, 9.17) is 5.73 Å². The highest BCUT2D eigenvalue weighted by atomic mass is 16.1. The maximum absolute atomic E-state index is 11.7. The van der Waals surface area contributed by atoms with Gasteiger partial charge in [-0.05, 0) is 24.8 Å². The fraction of sp³-hybridized carbons (Fsp3) is 0.909. The van der Waals surface area contributed by atoms with Gasteiger partial charge < -0.3 is 11.1 Å².